The van der Waals surface area contributed by atoms with Crippen molar-refractivity contribution in [2.45, 2.75) is 36.4 Å². The van der Waals surface area contributed by atoms with E-state index < -0.39 is 16.5 Å². The van der Waals surface area contributed by atoms with Crippen LogP contribution < -0.4 is 11.1 Å². The van der Waals surface area contributed by atoms with Crippen molar-refractivity contribution >= 4 is 85.9 Å². The summed E-state index contributed by atoms with van der Waals surface area (Å²) in [6.07, 6.45) is 0.201. The Kier molecular flexibility index (Phi) is 7.69. The lowest BCUT2D eigenvalue weighted by atomic mass is 9.31. The van der Waals surface area contributed by atoms with Crippen molar-refractivity contribution in [2.24, 2.45) is 5.73 Å². The third-order valence-electron chi connectivity index (χ3n) is 5.42. The second-order valence-corrected chi connectivity index (χ2v) is 9.31. The Hall–Kier alpha value is -1.49. The number of fused-ring (bicyclic) bond motifs is 1. The molecule has 0 aliphatic heterocycles. The van der Waals surface area contributed by atoms with Gasteiger partial charge in [0.05, 0.1) is 47.3 Å². The van der Waals surface area contributed by atoms with Gasteiger partial charge in [-0.25, -0.2) is 4.98 Å². The summed E-state index contributed by atoms with van der Waals surface area (Å²) in [5.41, 5.74) is 10.3. The van der Waals surface area contributed by atoms with E-state index in [9.17, 15) is 0 Å². The van der Waals surface area contributed by atoms with Crippen molar-refractivity contribution in [3.63, 3.8) is 0 Å². The van der Waals surface area contributed by atoms with Crippen LogP contribution in [0.25, 0.3) is 10.2 Å². The van der Waals surface area contributed by atoms with Crippen molar-refractivity contribution < 1.29 is 0 Å². The summed E-state index contributed by atoms with van der Waals surface area (Å²) in [6.45, 7) is 2.84. The number of anilines is 1. The van der Waals surface area contributed by atoms with Crippen LogP contribution in [0.3, 0.4) is 0 Å². The fraction of sp³-hybridized carbons (Fsp3) is 0.286. The Morgan fingerprint density at radius 1 is 1.16 bits per heavy atom. The molecule has 1 aromatic carbocycles. The first-order valence-corrected chi connectivity index (χ1v) is 11.2. The monoisotopic (exact) mass is 445 g/mol. The fourth-order valence-electron chi connectivity index (χ4n) is 3.34. The van der Waals surface area contributed by atoms with E-state index in [1.54, 1.807) is 11.3 Å². The van der Waals surface area contributed by atoms with Crippen molar-refractivity contribution in [3.05, 3.63) is 69.0 Å². The largest absolute Gasteiger partial charge is 0.380 e. The molecule has 0 saturated heterocycles. The van der Waals surface area contributed by atoms with Gasteiger partial charge in [0.1, 0.15) is 20.8 Å². The highest BCUT2D eigenvalue weighted by Gasteiger charge is 2.38. The zero-order valence-corrected chi connectivity index (χ0v) is 19.4. The van der Waals surface area contributed by atoms with E-state index in [0.717, 1.165) is 22.4 Å². The van der Waals surface area contributed by atoms with Crippen molar-refractivity contribution in [3.8, 4) is 0 Å². The van der Waals surface area contributed by atoms with E-state index in [1.165, 1.54) is 11.1 Å². The number of nitrogens with one attached hydrogen (secondary N) is 1. The summed E-state index contributed by atoms with van der Waals surface area (Å²) in [5, 5.41) is 3.55. The van der Waals surface area contributed by atoms with Crippen LogP contribution in [0.2, 0.25) is 15.6 Å². The summed E-state index contributed by atoms with van der Waals surface area (Å²) in [6, 6.07) is 11.6. The van der Waals surface area contributed by atoms with Crippen molar-refractivity contribution in [1.29, 1.82) is 0 Å². The highest BCUT2D eigenvalue weighted by atomic mass is 35.5. The maximum absolute atomic E-state index is 6.09. The number of nitrogens with two attached hydrogens (primary N) is 1. The summed E-state index contributed by atoms with van der Waals surface area (Å²) < 4.78 is 1.16. The standard InChI is InChI=1S/C15H13ClN2S.C6H5B6N/c1-10-9-19-15-12(7-13(16)18-14(10)15)17-8-11-5-3-2-4-6-11;7-3-4(8)6(11,12)2(13)1-5(3,9)10/h2-7,9H,8H2,1H3,(H,17,18);2H,1,13H2. The molecule has 3 N–H and O–H groups in total. The predicted molar refractivity (Wildman–Crippen MR) is 143 cm³/mol. The maximum Gasteiger partial charge on any atom is 0.131 e. The average molecular weight is 445 g/mol. The topological polar surface area (TPSA) is 50.9 Å². The maximum atomic E-state index is 6.09. The number of benzene rings is 1. The van der Waals surface area contributed by atoms with Crippen LogP contribution in [-0.4, -0.2) is 58.1 Å². The second-order valence-electron chi connectivity index (χ2n) is 8.04. The first-order valence-electron chi connectivity index (χ1n) is 9.93. The van der Waals surface area contributed by atoms with Crippen LogP contribution in [0.1, 0.15) is 17.5 Å². The third-order valence-corrected chi connectivity index (χ3v) is 6.74. The molecule has 0 saturated carbocycles. The van der Waals surface area contributed by atoms with Gasteiger partial charge < -0.3 is 11.1 Å². The normalized spacial score (nSPS) is 19.3. The van der Waals surface area contributed by atoms with Gasteiger partial charge in [-0.1, -0.05) is 52.4 Å². The lowest BCUT2D eigenvalue weighted by Gasteiger charge is -2.48. The van der Waals surface area contributed by atoms with Crippen LogP contribution in [0, 0.1) is 6.92 Å². The molecule has 11 heteroatoms. The quantitative estimate of drug-likeness (QED) is 0.482. The molecule has 1 aliphatic rings. The van der Waals surface area contributed by atoms with Crippen LogP contribution in [0.4, 0.5) is 5.69 Å². The number of rotatable bonds is 3. The summed E-state index contributed by atoms with van der Waals surface area (Å²) >= 11 is 7.79. The third kappa shape index (κ3) is 5.35. The Morgan fingerprint density at radius 3 is 2.47 bits per heavy atom. The van der Waals surface area contributed by atoms with Gasteiger partial charge in [-0.05, 0) is 35.9 Å². The number of aromatic nitrogens is 1. The molecule has 0 fully saturated rings. The number of thiophene rings is 1. The molecule has 1 atom stereocenters. The molecule has 3 nitrogen and oxygen atoms in total. The minimum Gasteiger partial charge on any atom is -0.380 e. The zero-order chi connectivity index (χ0) is 23.7. The van der Waals surface area contributed by atoms with Gasteiger partial charge in [-0.2, -0.15) is 0 Å². The van der Waals surface area contributed by atoms with Crippen LogP contribution >= 0.6 is 22.9 Å². The summed E-state index contributed by atoms with van der Waals surface area (Å²) in [4.78, 5) is 4.39. The van der Waals surface area contributed by atoms with Crippen LogP contribution in [0.5, 0.6) is 0 Å². The molecule has 1 aliphatic carbocycles. The SMILES string of the molecule is Cc1csc2c(NCc3ccccc3)cc(Cl)nc12.[B]C1=C([B])C([B])([B])C(N)CC1([B])[B]. The first-order chi connectivity index (χ1) is 14.9. The molecule has 2 heterocycles. The van der Waals surface area contributed by atoms with E-state index in [1.807, 2.05) is 24.3 Å². The Morgan fingerprint density at radius 2 is 1.81 bits per heavy atom. The molecule has 148 valence electrons. The Bertz CT molecular complexity index is 1130. The molecule has 4 rings (SSSR count). The molecular formula is C21H18B6ClN3S. The summed E-state index contributed by atoms with van der Waals surface area (Å²) in [7, 11) is 33.8. The van der Waals surface area contributed by atoms with Crippen LogP contribution in [0.15, 0.2) is 52.7 Å². The van der Waals surface area contributed by atoms with Gasteiger partial charge >= 0.3 is 0 Å². The van der Waals surface area contributed by atoms with E-state index in [0.29, 0.717) is 5.15 Å². The van der Waals surface area contributed by atoms with Gasteiger partial charge in [0, 0.05) is 12.6 Å². The number of nitrogens with zero attached hydrogens (tertiary/aromatic N) is 1. The minimum absolute atomic E-state index is 0.0660. The van der Waals surface area contributed by atoms with Gasteiger partial charge in [-0.3, -0.25) is 0 Å². The number of allylic oxidation sites excluding steroid dienone is 1. The minimum atomic E-state index is -1.33. The molecule has 0 spiro atoms. The van der Waals surface area contributed by atoms with Crippen LogP contribution in [-0.2, 0) is 6.54 Å². The predicted octanol–water partition coefficient (Wildman–Crippen LogP) is 3.04. The Balaban J connectivity index is 0.000000195. The molecule has 0 amide bonds. The molecule has 32 heavy (non-hydrogen) atoms. The van der Waals surface area contributed by atoms with Gasteiger partial charge in [0.25, 0.3) is 0 Å². The van der Waals surface area contributed by atoms with Gasteiger partial charge in [0.15, 0.2) is 0 Å². The molecule has 3 aromatic rings. The molecule has 2 aromatic heterocycles. The highest BCUT2D eigenvalue weighted by molar-refractivity contribution is 7.18. The van der Waals surface area contributed by atoms with E-state index in [4.69, 9.17) is 64.4 Å². The fourth-order valence-corrected chi connectivity index (χ4v) is 4.52. The number of halogens is 1. The number of hydrogen-bond acceptors (Lipinski definition) is 4. The lowest BCUT2D eigenvalue weighted by molar-refractivity contribution is 0.539. The first kappa shape index (κ1) is 25.1. The Labute approximate surface area is 206 Å². The smallest absolute Gasteiger partial charge is 0.131 e. The highest BCUT2D eigenvalue weighted by Crippen LogP contribution is 2.47. The van der Waals surface area contributed by atoms with E-state index in [2.05, 4.69) is 34.7 Å². The number of aryl methyl sites for hydroxylation is 1. The van der Waals surface area contributed by atoms with Gasteiger partial charge in [-0.15, -0.1) is 22.3 Å². The molecular weight excluding hydrogens is 427 g/mol. The molecule has 0 bridgehead atoms. The number of pyridine rings is 1. The summed E-state index contributed by atoms with van der Waals surface area (Å²) in [5.74, 6) is 0. The second kappa shape index (κ2) is 9.79. The van der Waals surface area contributed by atoms with Crippen molar-refractivity contribution in [1.82, 2.24) is 4.98 Å². The average Bonchev–Trinajstić information content (AvgIpc) is 3.11. The lowest BCUT2D eigenvalue weighted by Crippen LogP contribution is -2.46. The molecule has 1 unspecified atom stereocenters. The molecule has 12 radical (unpaired) electrons. The van der Waals surface area contributed by atoms with E-state index >= 15 is 0 Å². The zero-order valence-electron chi connectivity index (χ0n) is 17.8. The van der Waals surface area contributed by atoms with Crippen molar-refractivity contribution in [2.75, 3.05) is 5.32 Å². The van der Waals surface area contributed by atoms with Gasteiger partial charge in [0.2, 0.25) is 0 Å². The van der Waals surface area contributed by atoms with E-state index in [-0.39, 0.29) is 17.4 Å². The number of hydrogen-bond donors (Lipinski definition) is 2.